The Balaban J connectivity index is 1.25. The van der Waals surface area contributed by atoms with Gasteiger partial charge in [-0.3, -0.25) is 4.98 Å². The van der Waals surface area contributed by atoms with Crippen LogP contribution in [0.1, 0.15) is 0 Å². The molecule has 0 bridgehead atoms. The number of halogens is 1. The number of hydrogen-bond acceptors (Lipinski definition) is 6. The second-order valence-electron chi connectivity index (χ2n) is 12.4. The van der Waals surface area contributed by atoms with E-state index in [9.17, 15) is 4.39 Å². The Labute approximate surface area is 295 Å². The van der Waals surface area contributed by atoms with E-state index >= 15 is 0 Å². The molecule has 0 fully saturated rings. The van der Waals surface area contributed by atoms with Crippen molar-refractivity contribution in [2.75, 3.05) is 0 Å². The van der Waals surface area contributed by atoms with Crippen molar-refractivity contribution in [1.82, 2.24) is 19.9 Å². The molecule has 0 saturated heterocycles. The Morgan fingerprint density at radius 2 is 1.14 bits per heavy atom. The summed E-state index contributed by atoms with van der Waals surface area (Å²) in [5.41, 5.74) is 8.04. The molecule has 0 saturated carbocycles. The maximum atomic E-state index is 14.1. The van der Waals surface area contributed by atoms with Crippen molar-refractivity contribution in [1.29, 1.82) is 0 Å². The van der Waals surface area contributed by atoms with Gasteiger partial charge in [-0.1, -0.05) is 66.7 Å². The van der Waals surface area contributed by atoms with E-state index in [2.05, 4.69) is 71.7 Å². The lowest BCUT2D eigenvalue weighted by Crippen LogP contribution is -2.00. The minimum Gasteiger partial charge on any atom is -0.456 e. The summed E-state index contributed by atoms with van der Waals surface area (Å²) in [6, 6.07) is 47.5. The zero-order valence-electron chi connectivity index (χ0n) is 26.9. The fraction of sp³-hybridized carbons (Fsp3) is 0. The predicted octanol–water partition coefficient (Wildman–Crippen LogP) is 12.0. The smallest absolute Gasteiger partial charge is 0.165 e. The molecule has 0 aliphatic carbocycles. The van der Waals surface area contributed by atoms with Crippen LogP contribution in [0.3, 0.4) is 0 Å². The van der Waals surface area contributed by atoms with Crippen LogP contribution in [0.25, 0.3) is 98.7 Å². The number of thiophene rings is 1. The second kappa shape index (κ2) is 11.8. The summed E-state index contributed by atoms with van der Waals surface area (Å²) in [5.74, 6) is 1.18. The monoisotopic (exact) mass is 676 g/mol. The first-order valence-electron chi connectivity index (χ1n) is 16.6. The Morgan fingerprint density at radius 1 is 0.471 bits per heavy atom. The second-order valence-corrected chi connectivity index (χ2v) is 13.4. The highest BCUT2D eigenvalue weighted by Crippen LogP contribution is 2.44. The molecule has 10 aromatic rings. The highest BCUT2D eigenvalue weighted by atomic mass is 32.1. The molecule has 0 radical (unpaired) electrons. The van der Waals surface area contributed by atoms with Gasteiger partial charge in [0.1, 0.15) is 17.0 Å². The van der Waals surface area contributed by atoms with Gasteiger partial charge in [-0.25, -0.2) is 19.3 Å². The van der Waals surface area contributed by atoms with Crippen LogP contribution in [0.5, 0.6) is 0 Å². The lowest BCUT2D eigenvalue weighted by Gasteiger charge is -2.13. The lowest BCUT2D eigenvalue weighted by molar-refractivity contribution is 0.628. The molecule has 240 valence electrons. The fourth-order valence-corrected chi connectivity index (χ4v) is 8.04. The van der Waals surface area contributed by atoms with E-state index < -0.39 is 0 Å². The molecule has 4 aromatic heterocycles. The number of aromatic nitrogens is 4. The molecule has 0 atom stereocenters. The number of nitrogens with zero attached hydrogens (tertiary/aromatic N) is 4. The van der Waals surface area contributed by atoms with E-state index in [0.717, 1.165) is 65.5 Å². The third-order valence-corrected chi connectivity index (χ3v) is 10.5. The molecule has 0 amide bonds. The number of furan rings is 1. The Morgan fingerprint density at radius 3 is 1.98 bits per heavy atom. The molecule has 4 heterocycles. The van der Waals surface area contributed by atoms with Crippen molar-refractivity contribution < 1.29 is 8.81 Å². The summed E-state index contributed by atoms with van der Waals surface area (Å²) >= 11 is 1.72. The fourth-order valence-electron chi connectivity index (χ4n) is 6.85. The van der Waals surface area contributed by atoms with E-state index in [4.69, 9.17) is 19.4 Å². The van der Waals surface area contributed by atoms with Gasteiger partial charge in [0, 0.05) is 59.4 Å². The van der Waals surface area contributed by atoms with E-state index in [0.29, 0.717) is 23.0 Å². The van der Waals surface area contributed by atoms with Gasteiger partial charge in [-0.15, -0.1) is 11.3 Å². The molecule has 5 nitrogen and oxygen atoms in total. The van der Waals surface area contributed by atoms with Crippen LogP contribution in [0, 0.1) is 5.82 Å². The van der Waals surface area contributed by atoms with Gasteiger partial charge in [0.05, 0.1) is 5.69 Å². The molecule has 0 unspecified atom stereocenters. The Kier molecular flexibility index (Phi) is 6.79. The van der Waals surface area contributed by atoms with Gasteiger partial charge in [-0.2, -0.15) is 0 Å². The molecule has 0 N–H and O–H groups in total. The molecule has 0 aliphatic heterocycles. The molecule has 6 aromatic carbocycles. The summed E-state index contributed by atoms with van der Waals surface area (Å²) in [7, 11) is 0. The maximum absolute atomic E-state index is 14.1. The highest BCUT2D eigenvalue weighted by molar-refractivity contribution is 7.26. The van der Waals surface area contributed by atoms with Gasteiger partial charge in [-0.05, 0) is 90.0 Å². The zero-order valence-corrected chi connectivity index (χ0v) is 27.7. The first kappa shape index (κ1) is 29.4. The van der Waals surface area contributed by atoms with Crippen LogP contribution >= 0.6 is 11.3 Å². The highest BCUT2D eigenvalue weighted by Gasteiger charge is 2.20. The largest absolute Gasteiger partial charge is 0.456 e. The number of benzene rings is 6. The average molecular weight is 677 g/mol. The lowest BCUT2D eigenvalue weighted by atomic mass is 9.94. The van der Waals surface area contributed by atoms with E-state index in [1.807, 2.05) is 60.8 Å². The number of para-hydroxylation sites is 1. The molecule has 7 heteroatoms. The minimum absolute atomic E-state index is 0.322. The van der Waals surface area contributed by atoms with Crippen molar-refractivity contribution >= 4 is 53.4 Å². The summed E-state index contributed by atoms with van der Waals surface area (Å²) in [5, 5.41) is 4.29. The SMILES string of the molecule is Fc1ccc(-c2nc(-c3ccc4oc5ccccc5c4c3)nc(-c3cc(-c4ccccc4-c4ccccn4)cc4c3sc3ccccc34)n2)cc1. The van der Waals surface area contributed by atoms with Gasteiger partial charge < -0.3 is 4.42 Å². The molecular formula is C44H25FN4OS. The van der Waals surface area contributed by atoms with Gasteiger partial charge in [0.25, 0.3) is 0 Å². The van der Waals surface area contributed by atoms with Crippen LogP contribution in [-0.4, -0.2) is 19.9 Å². The summed E-state index contributed by atoms with van der Waals surface area (Å²) in [6.07, 6.45) is 1.82. The number of rotatable bonds is 5. The van der Waals surface area contributed by atoms with E-state index in [-0.39, 0.29) is 5.82 Å². The topological polar surface area (TPSA) is 64.7 Å². The van der Waals surface area contributed by atoms with Crippen molar-refractivity contribution in [3.63, 3.8) is 0 Å². The van der Waals surface area contributed by atoms with E-state index in [1.54, 1.807) is 23.5 Å². The maximum Gasteiger partial charge on any atom is 0.165 e. The Hall–Kier alpha value is -6.57. The standard InChI is InChI=1S/C44H25FN4OS/c45-29-19-16-26(17-20-29)42-47-43(27-18-21-39-34(23-27)32-11-3-5-14-38(32)50-39)49-44(48-42)36-25-28(24-35-33-12-4-6-15-40(33)51-41(35)36)30-9-1-2-10-31(30)37-13-7-8-22-46-37/h1-25H. The zero-order chi connectivity index (χ0) is 33.9. The van der Waals surface area contributed by atoms with Crippen LogP contribution in [0.4, 0.5) is 4.39 Å². The van der Waals surface area contributed by atoms with Crippen LogP contribution < -0.4 is 0 Å². The Bertz CT molecular complexity index is 2930. The first-order valence-corrected chi connectivity index (χ1v) is 17.4. The van der Waals surface area contributed by atoms with E-state index in [1.165, 1.54) is 22.2 Å². The number of fused-ring (bicyclic) bond motifs is 6. The quantitative estimate of drug-likeness (QED) is 0.182. The number of pyridine rings is 1. The van der Waals surface area contributed by atoms with Crippen molar-refractivity contribution in [3.8, 4) is 56.5 Å². The van der Waals surface area contributed by atoms with Crippen LogP contribution in [0.15, 0.2) is 156 Å². The van der Waals surface area contributed by atoms with Gasteiger partial charge in [0.15, 0.2) is 17.5 Å². The first-order chi connectivity index (χ1) is 25.2. The summed E-state index contributed by atoms with van der Waals surface area (Å²) < 4.78 is 22.5. The van der Waals surface area contributed by atoms with Crippen molar-refractivity contribution in [2.24, 2.45) is 0 Å². The summed E-state index contributed by atoms with van der Waals surface area (Å²) in [4.78, 5) is 20.0. The van der Waals surface area contributed by atoms with Gasteiger partial charge >= 0.3 is 0 Å². The van der Waals surface area contributed by atoms with Gasteiger partial charge in [0.2, 0.25) is 0 Å². The molecule has 51 heavy (non-hydrogen) atoms. The molecule has 0 spiro atoms. The van der Waals surface area contributed by atoms with Crippen LogP contribution in [0.2, 0.25) is 0 Å². The molecule has 10 rings (SSSR count). The predicted molar refractivity (Wildman–Crippen MR) is 205 cm³/mol. The normalized spacial score (nSPS) is 11.6. The third kappa shape index (κ3) is 5.06. The van der Waals surface area contributed by atoms with Crippen molar-refractivity contribution in [2.45, 2.75) is 0 Å². The molecule has 0 aliphatic rings. The number of hydrogen-bond donors (Lipinski definition) is 0. The third-order valence-electron chi connectivity index (χ3n) is 9.27. The minimum atomic E-state index is -0.322. The van der Waals surface area contributed by atoms with Crippen LogP contribution in [-0.2, 0) is 0 Å². The van der Waals surface area contributed by atoms with Crippen molar-refractivity contribution in [3.05, 3.63) is 158 Å². The average Bonchev–Trinajstić information content (AvgIpc) is 3.76. The molecular weight excluding hydrogens is 652 g/mol. The summed E-state index contributed by atoms with van der Waals surface area (Å²) in [6.45, 7) is 0.